The zero-order valence-corrected chi connectivity index (χ0v) is 60.1. The second kappa shape index (κ2) is 11.5. The monoisotopic (exact) mass is 1560 g/mol. The van der Waals surface area contributed by atoms with Crippen LogP contribution in [-0.4, -0.2) is 311 Å². The molecule has 0 nitrogen and oxygen atoms in total. The fourth-order valence-electron chi connectivity index (χ4n) is 6.77. The molecule has 9 aliphatic heterocycles. The van der Waals surface area contributed by atoms with Crippen molar-refractivity contribution < 1.29 is 0 Å². The van der Waals surface area contributed by atoms with Gasteiger partial charge in [-0.05, 0) is 0 Å². The van der Waals surface area contributed by atoms with Gasteiger partial charge >= 0.3 is 311 Å². The molecule has 0 amide bonds. The van der Waals surface area contributed by atoms with Gasteiger partial charge in [0.15, 0.2) is 0 Å². The van der Waals surface area contributed by atoms with Crippen LogP contribution in [0.5, 0.6) is 0 Å². The molecule has 0 spiro atoms. The summed E-state index contributed by atoms with van der Waals surface area (Å²) in [6.45, 7) is 0. The predicted octanol–water partition coefficient (Wildman–Crippen LogP) is -13.2. The Kier molecular flexibility index (Phi) is 9.12. The van der Waals surface area contributed by atoms with E-state index in [-0.39, 0.29) is 135 Å². The SMILES string of the molecule is [CH]1=[Ge]2[CH]=[Ge]3[CH]=[Ge]4[CH]=[Ge]5[CH]=[Ge]6[CH]=[Ge]7[CH]=[Ge]8[CH]=[Ge]9[CH]=[Ge]1[C]1=[GeH][C]9=[GeH][C]8=[GeH][C]7=[GeH][C]6=[GeH][C]5=[GeH][C]4=[GeH][C]3=[GeH][C]2=[GeH]1. The van der Waals surface area contributed by atoms with Crippen molar-refractivity contribution in [2.24, 2.45) is 0 Å². The van der Waals surface area contributed by atoms with Crippen molar-refractivity contribution in [3.63, 3.8) is 0 Å². The van der Waals surface area contributed by atoms with Gasteiger partial charge in [0.2, 0.25) is 0 Å². The molecule has 9 heterocycles. The van der Waals surface area contributed by atoms with Crippen LogP contribution in [0, 0.1) is 0 Å². The molecule has 9 aliphatic rings. The Hall–Kier alpha value is 7.43. The van der Waals surface area contributed by atoms with Gasteiger partial charge in [-0.3, -0.25) is 0 Å². The first-order valence-corrected chi connectivity index (χ1v) is 65.7. The van der Waals surface area contributed by atoms with E-state index in [1.807, 2.05) is 0 Å². The summed E-state index contributed by atoms with van der Waals surface area (Å²) in [5.41, 5.74) is 0. The zero-order chi connectivity index (χ0) is 23.1. The van der Waals surface area contributed by atoms with Crippen molar-refractivity contribution >= 4 is 311 Å². The second-order valence-corrected chi connectivity index (χ2v) is 174. The van der Waals surface area contributed by atoms with Crippen LogP contribution in [0.2, 0.25) is 0 Å². The van der Waals surface area contributed by atoms with E-state index < -0.39 is 125 Å². The molecule has 0 N–H and O–H groups in total. The van der Waals surface area contributed by atoms with E-state index in [1.165, 1.54) is 0 Å². The Morgan fingerprint density at radius 2 is 0.333 bits per heavy atom. The fourth-order valence-corrected chi connectivity index (χ4v) is 566. The normalized spacial score (nSPS) is 26.0. The van der Waals surface area contributed by atoms with Crippen LogP contribution in [0.15, 0.2) is 0 Å². The number of hydrogen-bond donors (Lipinski definition) is 0. The maximum atomic E-state index is 3.42. The molecule has 0 radical (unpaired) electrons. The minimum absolute atomic E-state index is 0.0508. The van der Waals surface area contributed by atoms with Gasteiger partial charge in [0.25, 0.3) is 0 Å². The van der Waals surface area contributed by atoms with Crippen LogP contribution in [0.4, 0.5) is 0 Å². The van der Waals surface area contributed by atoms with E-state index in [0.717, 1.165) is 0 Å². The molecule has 0 saturated carbocycles. The Balaban J connectivity index is 1.32. The van der Waals surface area contributed by atoms with E-state index in [2.05, 4.69) is 51.3 Å². The fraction of sp³-hybridized carbons (Fsp3) is 0. The molecule has 0 unspecified atom stereocenters. The molecule has 162 valence electrons. The average molecular weight is 1540 g/mol. The number of hydrogen-bond acceptors (Lipinski definition) is 0. The Morgan fingerprint density at radius 3 is 0.444 bits per heavy atom. The maximum absolute atomic E-state index is 3.42. The van der Waals surface area contributed by atoms with Gasteiger partial charge in [0.1, 0.15) is 0 Å². The molecule has 0 aliphatic carbocycles. The standard InChI is InChI=1S/C18H18Ge18/c1-28-2-30-4-32-6-34-8-36-9-35-7-33-5-31-3-29(1)11-19-10(28)20-12(30)22-14(32)24-16(34)26-18(36)27-17(35)25-15(33)23-13(31)21-11/h1-9,19-27H. The number of fused-ring (bicyclic) bond motifs is 9. The Morgan fingerprint density at radius 1 is 0.222 bits per heavy atom. The summed E-state index contributed by atoms with van der Waals surface area (Å²) in [6, 6.07) is 0. The molecular weight excluding hydrogens is 1520 g/mol. The first kappa shape index (κ1) is 28.4. The summed E-state index contributed by atoms with van der Waals surface area (Å²) in [5.74, 6) is 0. The van der Waals surface area contributed by atoms with E-state index in [4.69, 9.17) is 0 Å². The van der Waals surface area contributed by atoms with Crippen molar-refractivity contribution in [1.82, 2.24) is 0 Å². The van der Waals surface area contributed by atoms with E-state index >= 15 is 0 Å². The van der Waals surface area contributed by atoms with Gasteiger partial charge in [0.05, 0.1) is 0 Å². The molecule has 0 aromatic carbocycles. The van der Waals surface area contributed by atoms with Gasteiger partial charge in [-0.25, -0.2) is 0 Å². The molecule has 0 saturated heterocycles. The third-order valence-electron chi connectivity index (χ3n) is 8.60. The van der Waals surface area contributed by atoms with Gasteiger partial charge < -0.3 is 0 Å². The van der Waals surface area contributed by atoms with Crippen LogP contribution in [0.25, 0.3) is 0 Å². The first-order valence-electron chi connectivity index (χ1n) is 12.6. The van der Waals surface area contributed by atoms with Gasteiger partial charge in [-0.1, -0.05) is 0 Å². The molecule has 0 aromatic heterocycles. The van der Waals surface area contributed by atoms with Crippen molar-refractivity contribution in [1.29, 1.82) is 0 Å². The minimum atomic E-state index is -0.856. The Labute approximate surface area is 303 Å². The third-order valence-corrected chi connectivity index (χ3v) is 232. The summed E-state index contributed by atoms with van der Waals surface area (Å²) in [4.78, 5) is 0. The molecule has 0 aromatic rings. The molecule has 0 fully saturated rings. The quantitative estimate of drug-likeness (QED) is 0.212. The molecular formula is C18H18Ge18. The Bertz CT molecular complexity index is 1340. The first-order chi connectivity index (χ1) is 17.7. The molecule has 0 atom stereocenters. The van der Waals surface area contributed by atoms with E-state index in [0.29, 0.717) is 0 Å². The van der Waals surface area contributed by atoms with Crippen LogP contribution in [0.1, 0.15) is 0 Å². The summed E-state index contributed by atoms with van der Waals surface area (Å²) >= 11 is -7.25. The topological polar surface area (TPSA) is 0 Å². The van der Waals surface area contributed by atoms with E-state index in [9.17, 15) is 0 Å². The molecule has 9 rings (SSSR count). The number of rotatable bonds is 0. The second-order valence-electron chi connectivity index (χ2n) is 10.8. The van der Waals surface area contributed by atoms with Crippen molar-refractivity contribution in [3.8, 4) is 0 Å². The van der Waals surface area contributed by atoms with Crippen molar-refractivity contribution in [2.75, 3.05) is 0 Å². The van der Waals surface area contributed by atoms with Gasteiger partial charge in [0, 0.05) is 0 Å². The summed E-state index contributed by atoms with van der Waals surface area (Å²) < 4.78 is 54.1. The van der Waals surface area contributed by atoms with Crippen LogP contribution in [0.3, 0.4) is 0 Å². The third kappa shape index (κ3) is 5.08. The van der Waals surface area contributed by atoms with Gasteiger partial charge in [-0.15, -0.1) is 0 Å². The van der Waals surface area contributed by atoms with Crippen LogP contribution < -0.4 is 0 Å². The summed E-state index contributed by atoms with van der Waals surface area (Å²) in [7, 11) is 0. The molecule has 18 heteroatoms. The van der Waals surface area contributed by atoms with Crippen molar-refractivity contribution in [3.05, 3.63) is 0 Å². The van der Waals surface area contributed by atoms with Crippen LogP contribution >= 0.6 is 0 Å². The zero-order valence-electron chi connectivity index (χ0n) is 19.4. The predicted molar refractivity (Wildman–Crippen MR) is 216 cm³/mol. The summed E-state index contributed by atoms with van der Waals surface area (Å²) in [5, 5.41) is 0. The average Bonchev–Trinajstić information content (AvgIpc) is 2.86. The summed E-state index contributed by atoms with van der Waals surface area (Å²) in [6.07, 6.45) is 0. The van der Waals surface area contributed by atoms with E-state index in [1.54, 1.807) is 0 Å². The van der Waals surface area contributed by atoms with Crippen LogP contribution in [-0.2, 0) is 0 Å². The molecule has 0 bridgehead atoms. The van der Waals surface area contributed by atoms with Gasteiger partial charge in [-0.2, -0.15) is 0 Å². The van der Waals surface area contributed by atoms with Crippen molar-refractivity contribution in [2.45, 2.75) is 0 Å². The molecule has 36 heavy (non-hydrogen) atoms.